The minimum Gasteiger partial charge on any atom is -0.399 e. The number of halogens is 3. The van der Waals surface area contributed by atoms with Crippen LogP contribution in [0.5, 0.6) is 0 Å². The molecule has 0 unspecified atom stereocenters. The van der Waals surface area contributed by atoms with Crippen molar-refractivity contribution in [1.82, 2.24) is 4.90 Å². The lowest BCUT2D eigenvalue weighted by Gasteiger charge is -2.32. The van der Waals surface area contributed by atoms with Crippen LogP contribution in [0.2, 0.25) is 0 Å². The molecular formula is C19H25BF3NO3. The number of hydrogen-bond acceptors (Lipinski definition) is 3. The summed E-state index contributed by atoms with van der Waals surface area (Å²) in [5, 5.41) is 0. The average Bonchev–Trinajstić information content (AvgIpc) is 2.77. The summed E-state index contributed by atoms with van der Waals surface area (Å²) in [5.74, 6) is -3.41. The molecule has 0 saturated carbocycles. The van der Waals surface area contributed by atoms with E-state index in [-0.39, 0.29) is 43.7 Å². The van der Waals surface area contributed by atoms with Crippen LogP contribution in [0, 0.1) is 5.82 Å². The fourth-order valence-electron chi connectivity index (χ4n) is 3.22. The summed E-state index contributed by atoms with van der Waals surface area (Å²) in [7, 11) is -0.862. The lowest BCUT2D eigenvalue weighted by atomic mass is 9.77. The van der Waals surface area contributed by atoms with Crippen molar-refractivity contribution < 1.29 is 27.3 Å². The Kier molecular flexibility index (Phi) is 5.10. The van der Waals surface area contributed by atoms with Gasteiger partial charge in [0.15, 0.2) is 0 Å². The van der Waals surface area contributed by atoms with Gasteiger partial charge in [0.25, 0.3) is 5.92 Å². The highest BCUT2D eigenvalue weighted by Crippen LogP contribution is 2.36. The second kappa shape index (κ2) is 6.81. The second-order valence-corrected chi connectivity index (χ2v) is 8.36. The normalized spacial score (nSPS) is 23.5. The fraction of sp³-hybridized carbons (Fsp3) is 0.632. The van der Waals surface area contributed by atoms with Gasteiger partial charge in [0, 0.05) is 31.4 Å². The van der Waals surface area contributed by atoms with Crippen molar-refractivity contribution in [2.24, 2.45) is 0 Å². The topological polar surface area (TPSA) is 38.8 Å². The van der Waals surface area contributed by atoms with Gasteiger partial charge in [-0.3, -0.25) is 4.79 Å². The van der Waals surface area contributed by atoms with Crippen LogP contribution in [-0.2, 0) is 20.5 Å². The minimum atomic E-state index is -2.70. The van der Waals surface area contributed by atoms with Gasteiger partial charge >= 0.3 is 7.12 Å². The Morgan fingerprint density at radius 1 is 1.11 bits per heavy atom. The molecule has 3 rings (SSSR count). The molecule has 2 aliphatic heterocycles. The van der Waals surface area contributed by atoms with Crippen LogP contribution >= 0.6 is 0 Å². The smallest absolute Gasteiger partial charge is 0.399 e. The number of amides is 1. The third-order valence-corrected chi connectivity index (χ3v) is 5.77. The van der Waals surface area contributed by atoms with Gasteiger partial charge in [-0.25, -0.2) is 13.2 Å². The molecule has 1 amide bonds. The van der Waals surface area contributed by atoms with Gasteiger partial charge in [0.2, 0.25) is 5.91 Å². The summed E-state index contributed by atoms with van der Waals surface area (Å²) < 4.78 is 52.7. The van der Waals surface area contributed by atoms with Crippen LogP contribution < -0.4 is 5.46 Å². The zero-order valence-electron chi connectivity index (χ0n) is 16.2. The molecule has 0 aliphatic carbocycles. The second-order valence-electron chi connectivity index (χ2n) is 8.36. The van der Waals surface area contributed by atoms with Gasteiger partial charge in [-0.2, -0.15) is 0 Å². The van der Waals surface area contributed by atoms with E-state index in [2.05, 4.69) is 0 Å². The zero-order valence-corrected chi connectivity index (χ0v) is 16.2. The van der Waals surface area contributed by atoms with Crippen LogP contribution in [0.4, 0.5) is 13.2 Å². The Hall–Kier alpha value is -1.54. The van der Waals surface area contributed by atoms with E-state index in [1.54, 1.807) is 6.07 Å². The van der Waals surface area contributed by atoms with Crippen molar-refractivity contribution in [3.05, 3.63) is 29.6 Å². The van der Waals surface area contributed by atoms with E-state index in [1.165, 1.54) is 17.0 Å². The summed E-state index contributed by atoms with van der Waals surface area (Å²) in [4.78, 5) is 13.9. The number of hydrogen-bond donors (Lipinski definition) is 0. The monoisotopic (exact) mass is 383 g/mol. The molecular weight excluding hydrogens is 358 g/mol. The Morgan fingerprint density at radius 3 is 2.22 bits per heavy atom. The van der Waals surface area contributed by atoms with Crippen molar-refractivity contribution in [1.29, 1.82) is 0 Å². The van der Waals surface area contributed by atoms with Gasteiger partial charge in [-0.05, 0) is 39.3 Å². The summed E-state index contributed by atoms with van der Waals surface area (Å²) in [6, 6.07) is 4.38. The van der Waals surface area contributed by atoms with Crippen molar-refractivity contribution in [2.45, 2.75) is 64.1 Å². The highest BCUT2D eigenvalue weighted by molar-refractivity contribution is 6.62. The Labute approximate surface area is 158 Å². The predicted octanol–water partition coefficient (Wildman–Crippen LogP) is 2.93. The first kappa shape index (κ1) is 20.2. The van der Waals surface area contributed by atoms with Gasteiger partial charge in [0.1, 0.15) is 5.82 Å². The average molecular weight is 383 g/mol. The van der Waals surface area contributed by atoms with E-state index >= 15 is 0 Å². The van der Waals surface area contributed by atoms with E-state index < -0.39 is 30.1 Å². The standard InChI is InChI=1S/C19H25BF3NO3/c1-17(2)18(3,4)27-20(26-17)14-11-13(5-6-15(14)21)12-16(25)24-9-7-19(22,23)8-10-24/h5-6,11H,7-10,12H2,1-4H3. The van der Waals surface area contributed by atoms with Gasteiger partial charge < -0.3 is 14.2 Å². The van der Waals surface area contributed by atoms with Gasteiger partial charge in [0.05, 0.1) is 17.6 Å². The number of likely N-dealkylation sites (tertiary alicyclic amines) is 1. The molecule has 0 bridgehead atoms. The molecule has 27 heavy (non-hydrogen) atoms. The first-order chi connectivity index (χ1) is 12.4. The summed E-state index contributed by atoms with van der Waals surface area (Å²) in [5.41, 5.74) is -0.364. The van der Waals surface area contributed by atoms with Crippen LogP contribution in [0.25, 0.3) is 0 Å². The van der Waals surface area contributed by atoms with Crippen LogP contribution in [0.3, 0.4) is 0 Å². The van der Waals surface area contributed by atoms with E-state index in [9.17, 15) is 18.0 Å². The molecule has 2 fully saturated rings. The third-order valence-electron chi connectivity index (χ3n) is 5.77. The van der Waals surface area contributed by atoms with Gasteiger partial charge in [-0.1, -0.05) is 12.1 Å². The SMILES string of the molecule is CC1(C)OB(c2cc(CC(=O)N3CCC(F)(F)CC3)ccc2F)OC1(C)C. The van der Waals surface area contributed by atoms with Crippen molar-refractivity contribution in [3.8, 4) is 0 Å². The molecule has 2 aliphatic rings. The van der Waals surface area contributed by atoms with E-state index in [0.717, 1.165) is 0 Å². The maximum Gasteiger partial charge on any atom is 0.497 e. The van der Waals surface area contributed by atoms with E-state index in [4.69, 9.17) is 9.31 Å². The lowest BCUT2D eigenvalue weighted by Crippen LogP contribution is -2.43. The molecule has 2 saturated heterocycles. The number of carbonyl (C=O) groups is 1. The molecule has 0 atom stereocenters. The molecule has 0 aromatic heterocycles. The molecule has 2 heterocycles. The quantitative estimate of drug-likeness (QED) is 0.754. The number of benzene rings is 1. The number of nitrogens with zero attached hydrogens (tertiary/aromatic N) is 1. The van der Waals surface area contributed by atoms with E-state index in [0.29, 0.717) is 5.56 Å². The molecule has 148 valence electrons. The number of piperidine rings is 1. The molecule has 1 aromatic rings. The summed E-state index contributed by atoms with van der Waals surface area (Å²) >= 11 is 0. The van der Waals surface area contributed by atoms with Crippen LogP contribution in [0.1, 0.15) is 46.1 Å². The summed E-state index contributed by atoms with van der Waals surface area (Å²) in [6.07, 6.45) is -0.610. The number of alkyl halides is 2. The summed E-state index contributed by atoms with van der Waals surface area (Å²) in [6.45, 7) is 7.60. The maximum atomic E-state index is 14.4. The molecule has 1 aromatic carbocycles. The third kappa shape index (κ3) is 4.16. The molecule has 8 heteroatoms. The minimum absolute atomic E-state index is 0.0261. The molecule has 0 radical (unpaired) electrons. The zero-order chi connectivity index (χ0) is 20.0. The first-order valence-electron chi connectivity index (χ1n) is 9.20. The highest BCUT2D eigenvalue weighted by Gasteiger charge is 2.52. The first-order valence-corrected chi connectivity index (χ1v) is 9.20. The Balaban J connectivity index is 1.72. The Morgan fingerprint density at radius 2 is 1.67 bits per heavy atom. The van der Waals surface area contributed by atoms with Crippen molar-refractivity contribution >= 4 is 18.5 Å². The molecule has 4 nitrogen and oxygen atoms in total. The lowest BCUT2D eigenvalue weighted by molar-refractivity contribution is -0.136. The van der Waals surface area contributed by atoms with Crippen LogP contribution in [0.15, 0.2) is 18.2 Å². The maximum absolute atomic E-state index is 14.4. The Bertz CT molecular complexity index is 713. The van der Waals surface area contributed by atoms with Crippen LogP contribution in [-0.4, -0.2) is 48.1 Å². The van der Waals surface area contributed by atoms with E-state index in [1.807, 2.05) is 27.7 Å². The highest BCUT2D eigenvalue weighted by atomic mass is 19.3. The number of rotatable bonds is 3. The predicted molar refractivity (Wildman–Crippen MR) is 96.6 cm³/mol. The van der Waals surface area contributed by atoms with Crippen molar-refractivity contribution in [3.63, 3.8) is 0 Å². The fourth-order valence-corrected chi connectivity index (χ4v) is 3.22. The largest absolute Gasteiger partial charge is 0.497 e. The molecule has 0 N–H and O–H groups in total. The molecule has 0 spiro atoms. The van der Waals surface area contributed by atoms with Gasteiger partial charge in [-0.15, -0.1) is 0 Å². The van der Waals surface area contributed by atoms with Crippen molar-refractivity contribution in [2.75, 3.05) is 13.1 Å². The number of carbonyl (C=O) groups excluding carboxylic acids is 1.